The molecule has 1 aliphatic rings. The topological polar surface area (TPSA) is 26.3 Å². The standard InChI is InChI=1S/C7H8O2/c1-6(8)9-7-4-2-3-5-7/h7H,2,4H2,1H3. The van der Waals surface area contributed by atoms with Gasteiger partial charge in [-0.3, -0.25) is 4.79 Å². The summed E-state index contributed by atoms with van der Waals surface area (Å²) >= 11 is 0. The van der Waals surface area contributed by atoms with E-state index < -0.39 is 0 Å². The summed E-state index contributed by atoms with van der Waals surface area (Å²) in [6, 6.07) is 0. The van der Waals surface area contributed by atoms with Crippen LogP contribution in [0.15, 0.2) is 0 Å². The van der Waals surface area contributed by atoms with E-state index in [2.05, 4.69) is 11.8 Å². The molecule has 0 aromatic heterocycles. The lowest BCUT2D eigenvalue weighted by Crippen LogP contribution is -2.10. The summed E-state index contributed by atoms with van der Waals surface area (Å²) < 4.78 is 4.80. The van der Waals surface area contributed by atoms with Crippen LogP contribution in [0, 0.1) is 11.8 Å². The fourth-order valence-corrected chi connectivity index (χ4v) is 0.750. The second-order valence-corrected chi connectivity index (χ2v) is 1.96. The van der Waals surface area contributed by atoms with Gasteiger partial charge < -0.3 is 4.74 Å². The van der Waals surface area contributed by atoms with Crippen LogP contribution in [-0.2, 0) is 9.53 Å². The molecule has 1 rings (SSSR count). The van der Waals surface area contributed by atoms with E-state index in [4.69, 9.17) is 4.74 Å². The van der Waals surface area contributed by atoms with Crippen molar-refractivity contribution in [1.29, 1.82) is 0 Å². The summed E-state index contributed by atoms with van der Waals surface area (Å²) in [7, 11) is 0. The van der Waals surface area contributed by atoms with Gasteiger partial charge >= 0.3 is 5.97 Å². The first-order valence-electron chi connectivity index (χ1n) is 2.94. The highest BCUT2D eigenvalue weighted by molar-refractivity contribution is 5.66. The molecule has 1 unspecified atom stereocenters. The Labute approximate surface area is 54.2 Å². The number of rotatable bonds is 1. The van der Waals surface area contributed by atoms with Crippen LogP contribution in [0.25, 0.3) is 0 Å². The van der Waals surface area contributed by atoms with Crippen molar-refractivity contribution in [1.82, 2.24) is 0 Å². The molecule has 0 bridgehead atoms. The van der Waals surface area contributed by atoms with Gasteiger partial charge in [-0.25, -0.2) is 0 Å². The van der Waals surface area contributed by atoms with Gasteiger partial charge in [0.15, 0.2) is 6.10 Å². The van der Waals surface area contributed by atoms with Crippen LogP contribution < -0.4 is 0 Å². The Morgan fingerprint density at radius 2 is 2.56 bits per heavy atom. The number of esters is 1. The van der Waals surface area contributed by atoms with Crippen molar-refractivity contribution in [2.45, 2.75) is 25.9 Å². The average molecular weight is 124 g/mol. The molecule has 1 aliphatic carbocycles. The third-order valence-electron chi connectivity index (χ3n) is 1.10. The second-order valence-electron chi connectivity index (χ2n) is 1.96. The maximum atomic E-state index is 10.3. The Balaban J connectivity index is 2.31. The molecule has 0 fully saturated rings. The van der Waals surface area contributed by atoms with Gasteiger partial charge in [0.1, 0.15) is 0 Å². The molecule has 48 valence electrons. The Kier molecular flexibility index (Phi) is 1.74. The SMILES string of the molecule is CC(=O)OC1C#CCC1. The first-order valence-corrected chi connectivity index (χ1v) is 2.94. The van der Waals surface area contributed by atoms with E-state index >= 15 is 0 Å². The summed E-state index contributed by atoms with van der Waals surface area (Å²) in [5, 5.41) is 0. The molecular weight excluding hydrogens is 116 g/mol. The molecule has 0 amide bonds. The first kappa shape index (κ1) is 6.15. The summed E-state index contributed by atoms with van der Waals surface area (Å²) in [6.45, 7) is 1.40. The van der Waals surface area contributed by atoms with Crippen LogP contribution >= 0.6 is 0 Å². The monoisotopic (exact) mass is 124 g/mol. The zero-order chi connectivity index (χ0) is 6.69. The lowest BCUT2D eigenvalue weighted by Gasteiger charge is -2.04. The lowest BCUT2D eigenvalue weighted by molar-refractivity contribution is -0.143. The highest BCUT2D eigenvalue weighted by Crippen LogP contribution is 2.06. The third-order valence-corrected chi connectivity index (χ3v) is 1.10. The molecule has 0 aromatic carbocycles. The maximum Gasteiger partial charge on any atom is 0.303 e. The number of hydrogen-bond acceptors (Lipinski definition) is 2. The molecular formula is C7H8O2. The quantitative estimate of drug-likeness (QED) is 0.380. The summed E-state index contributed by atoms with van der Waals surface area (Å²) in [5.74, 6) is 5.41. The molecule has 1 atom stereocenters. The van der Waals surface area contributed by atoms with Crippen molar-refractivity contribution in [2.24, 2.45) is 0 Å². The normalized spacial score (nSPS) is 22.6. The predicted molar refractivity (Wildman–Crippen MR) is 32.6 cm³/mol. The summed E-state index contributed by atoms with van der Waals surface area (Å²) in [5.41, 5.74) is 0. The number of ether oxygens (including phenoxy) is 1. The molecule has 0 N–H and O–H groups in total. The van der Waals surface area contributed by atoms with E-state index in [-0.39, 0.29) is 12.1 Å². The van der Waals surface area contributed by atoms with Crippen molar-refractivity contribution >= 4 is 5.97 Å². The molecule has 9 heavy (non-hydrogen) atoms. The third kappa shape index (κ3) is 1.77. The van der Waals surface area contributed by atoms with Gasteiger partial charge in [0.25, 0.3) is 0 Å². The number of hydrogen-bond donors (Lipinski definition) is 0. The second kappa shape index (κ2) is 2.54. The van der Waals surface area contributed by atoms with Crippen LogP contribution in [0.4, 0.5) is 0 Å². The van der Waals surface area contributed by atoms with Crippen LogP contribution in [0.2, 0.25) is 0 Å². The van der Waals surface area contributed by atoms with E-state index in [0.29, 0.717) is 0 Å². The minimum Gasteiger partial charge on any atom is -0.449 e. The van der Waals surface area contributed by atoms with Gasteiger partial charge in [-0.1, -0.05) is 11.8 Å². The zero-order valence-electron chi connectivity index (χ0n) is 5.31. The van der Waals surface area contributed by atoms with Gasteiger partial charge in [0, 0.05) is 19.8 Å². The Bertz CT molecular complexity index is 173. The predicted octanol–water partition coefficient (Wildman–Crippen LogP) is 0.715. The van der Waals surface area contributed by atoms with Gasteiger partial charge in [0.05, 0.1) is 0 Å². The largest absolute Gasteiger partial charge is 0.449 e. The summed E-state index contributed by atoms with van der Waals surface area (Å²) in [4.78, 5) is 10.3. The van der Waals surface area contributed by atoms with E-state index in [1.807, 2.05) is 0 Å². The van der Waals surface area contributed by atoms with E-state index in [1.165, 1.54) is 6.92 Å². The van der Waals surface area contributed by atoms with Crippen LogP contribution in [-0.4, -0.2) is 12.1 Å². The van der Waals surface area contributed by atoms with Crippen molar-refractivity contribution < 1.29 is 9.53 Å². The smallest absolute Gasteiger partial charge is 0.303 e. The molecule has 2 nitrogen and oxygen atoms in total. The van der Waals surface area contributed by atoms with E-state index in [0.717, 1.165) is 12.8 Å². The highest BCUT2D eigenvalue weighted by Gasteiger charge is 2.10. The first-order chi connectivity index (χ1) is 4.29. The van der Waals surface area contributed by atoms with E-state index in [1.54, 1.807) is 0 Å². The van der Waals surface area contributed by atoms with Crippen LogP contribution in [0.3, 0.4) is 0 Å². The van der Waals surface area contributed by atoms with Gasteiger partial charge in [-0.15, -0.1) is 0 Å². The lowest BCUT2D eigenvalue weighted by atomic mass is 10.3. The molecule has 0 aliphatic heterocycles. The maximum absolute atomic E-state index is 10.3. The van der Waals surface area contributed by atoms with Gasteiger partial charge in [0.2, 0.25) is 0 Å². The zero-order valence-corrected chi connectivity index (χ0v) is 5.31. The molecule has 0 saturated carbocycles. The Morgan fingerprint density at radius 3 is 3.00 bits per heavy atom. The minimum atomic E-state index is -0.240. The van der Waals surface area contributed by atoms with Crippen molar-refractivity contribution in [3.8, 4) is 11.8 Å². The minimum absolute atomic E-state index is 0.123. The van der Waals surface area contributed by atoms with Crippen molar-refractivity contribution in [2.75, 3.05) is 0 Å². The Hall–Kier alpha value is -0.970. The highest BCUT2D eigenvalue weighted by atomic mass is 16.5. The van der Waals surface area contributed by atoms with Crippen molar-refractivity contribution in [3.05, 3.63) is 0 Å². The molecule has 0 aromatic rings. The molecule has 2 heteroatoms. The van der Waals surface area contributed by atoms with Crippen LogP contribution in [0.5, 0.6) is 0 Å². The van der Waals surface area contributed by atoms with Crippen LogP contribution in [0.1, 0.15) is 19.8 Å². The fourth-order valence-electron chi connectivity index (χ4n) is 0.750. The Morgan fingerprint density at radius 1 is 1.78 bits per heavy atom. The van der Waals surface area contributed by atoms with Crippen molar-refractivity contribution in [3.63, 3.8) is 0 Å². The van der Waals surface area contributed by atoms with Gasteiger partial charge in [-0.2, -0.15) is 0 Å². The molecule has 0 saturated heterocycles. The molecule has 0 spiro atoms. The van der Waals surface area contributed by atoms with E-state index in [9.17, 15) is 4.79 Å². The average Bonchev–Trinajstić information content (AvgIpc) is 2.15. The number of carbonyl (C=O) groups excluding carboxylic acids is 1. The molecule has 0 heterocycles. The van der Waals surface area contributed by atoms with Gasteiger partial charge in [-0.05, 0) is 0 Å². The number of carbonyl (C=O) groups is 1. The molecule has 0 radical (unpaired) electrons. The fraction of sp³-hybridized carbons (Fsp3) is 0.571. The summed E-state index contributed by atoms with van der Waals surface area (Å²) in [6.07, 6.45) is 1.58.